The SMILES string of the molecule is Cc1c(COc2cc(OCc3cncc(C#N)c3)c(C=O)cc2Cl)cccc1-c1cccc(COc2cc(OCc3cncc(C#N)c3)c(CCCCO)cc2Cl)c1C. The molecular weight excluding hydrogens is 787 g/mol. The van der Waals surface area contributed by atoms with Gasteiger partial charge in [0.15, 0.2) is 6.29 Å². The van der Waals surface area contributed by atoms with Crippen molar-refractivity contribution in [2.45, 2.75) is 59.5 Å². The Morgan fingerprint density at radius 1 is 0.627 bits per heavy atom. The number of benzene rings is 4. The van der Waals surface area contributed by atoms with Crippen LogP contribution in [0.5, 0.6) is 23.0 Å². The summed E-state index contributed by atoms with van der Waals surface area (Å²) in [6.07, 6.45) is 8.95. The van der Waals surface area contributed by atoms with Gasteiger partial charge in [-0.05, 0) is 96.3 Å². The fourth-order valence-corrected chi connectivity index (χ4v) is 6.94. The Labute approximate surface area is 353 Å². The summed E-state index contributed by atoms with van der Waals surface area (Å²) in [5.41, 5.74) is 9.48. The van der Waals surface area contributed by atoms with Crippen molar-refractivity contribution >= 4 is 29.5 Å². The van der Waals surface area contributed by atoms with Gasteiger partial charge in [0.2, 0.25) is 0 Å². The molecule has 0 unspecified atom stereocenters. The zero-order chi connectivity index (χ0) is 41.7. The van der Waals surface area contributed by atoms with Gasteiger partial charge in [0.1, 0.15) is 61.6 Å². The van der Waals surface area contributed by atoms with Gasteiger partial charge in [0.05, 0.1) is 26.7 Å². The van der Waals surface area contributed by atoms with Crippen LogP contribution in [0.15, 0.2) is 97.6 Å². The second kappa shape index (κ2) is 20.3. The first-order valence-corrected chi connectivity index (χ1v) is 19.6. The lowest BCUT2D eigenvalue weighted by molar-refractivity contribution is 0.111. The van der Waals surface area contributed by atoms with Crippen molar-refractivity contribution in [3.8, 4) is 46.3 Å². The monoisotopic (exact) mass is 826 g/mol. The topological polar surface area (TPSA) is 148 Å². The summed E-state index contributed by atoms with van der Waals surface area (Å²) in [5.74, 6) is 1.72. The van der Waals surface area contributed by atoms with Crippen molar-refractivity contribution in [1.29, 1.82) is 10.5 Å². The van der Waals surface area contributed by atoms with Crippen LogP contribution in [0.4, 0.5) is 0 Å². The molecule has 2 heterocycles. The molecule has 0 aliphatic carbocycles. The molecule has 6 rings (SSSR count). The molecular formula is C47H40Cl2N4O6. The number of pyridine rings is 2. The van der Waals surface area contributed by atoms with E-state index in [0.29, 0.717) is 63.8 Å². The molecule has 0 spiro atoms. The molecule has 2 aromatic heterocycles. The van der Waals surface area contributed by atoms with E-state index in [-0.39, 0.29) is 43.6 Å². The maximum Gasteiger partial charge on any atom is 0.153 e. The molecule has 0 aliphatic rings. The van der Waals surface area contributed by atoms with Gasteiger partial charge >= 0.3 is 0 Å². The molecule has 0 atom stereocenters. The number of nitriles is 2. The minimum Gasteiger partial charge on any atom is -0.488 e. The lowest BCUT2D eigenvalue weighted by Crippen LogP contribution is -2.04. The summed E-state index contributed by atoms with van der Waals surface area (Å²) in [4.78, 5) is 20.1. The van der Waals surface area contributed by atoms with Crippen molar-refractivity contribution in [3.05, 3.63) is 163 Å². The zero-order valence-electron chi connectivity index (χ0n) is 32.5. The number of aromatic nitrogens is 2. The number of aryl methyl sites for hydroxylation is 1. The average molecular weight is 828 g/mol. The van der Waals surface area contributed by atoms with Crippen molar-refractivity contribution in [2.75, 3.05) is 6.61 Å². The maximum atomic E-state index is 11.9. The van der Waals surface area contributed by atoms with Crippen LogP contribution in [0.3, 0.4) is 0 Å². The molecule has 0 saturated heterocycles. The molecule has 0 aliphatic heterocycles. The standard InChI is InChI=1S/C47H40Cl2N4O6/c1-30-37(28-58-46-17-44(36(15-42(46)48)7-3-4-12-54)56-26-34-13-32(19-50)21-52-23-34)8-5-10-40(30)41-11-6-9-38(31(41)2)29-59-47-18-45(39(25-55)16-43(47)49)57-27-35-14-33(20-51)22-53-24-35/h5-6,8-11,13-18,21-25,54H,3-4,7,12,26-29H2,1-2H3. The van der Waals surface area contributed by atoms with E-state index in [2.05, 4.69) is 41.2 Å². The Morgan fingerprint density at radius 3 is 1.66 bits per heavy atom. The highest BCUT2D eigenvalue weighted by molar-refractivity contribution is 6.32. The fraction of sp³-hybridized carbons (Fsp3) is 0.213. The van der Waals surface area contributed by atoms with Gasteiger partial charge in [-0.1, -0.05) is 59.6 Å². The van der Waals surface area contributed by atoms with E-state index >= 15 is 0 Å². The summed E-state index contributed by atoms with van der Waals surface area (Å²) in [5, 5.41) is 28.6. The Morgan fingerprint density at radius 2 is 1.14 bits per heavy atom. The summed E-state index contributed by atoms with van der Waals surface area (Å²) in [6.45, 7) is 4.94. The van der Waals surface area contributed by atoms with E-state index in [4.69, 9.17) is 42.1 Å². The second-order valence-electron chi connectivity index (χ2n) is 13.7. The number of ether oxygens (including phenoxy) is 4. The van der Waals surface area contributed by atoms with Crippen LogP contribution < -0.4 is 18.9 Å². The van der Waals surface area contributed by atoms with Gasteiger partial charge in [0, 0.05) is 54.7 Å². The Bertz CT molecular complexity index is 2550. The van der Waals surface area contributed by atoms with E-state index in [9.17, 15) is 20.4 Å². The molecule has 59 heavy (non-hydrogen) atoms. The van der Waals surface area contributed by atoms with E-state index < -0.39 is 0 Å². The first kappa shape index (κ1) is 42.2. The molecule has 0 fully saturated rings. The number of aldehydes is 1. The molecule has 0 amide bonds. The van der Waals surface area contributed by atoms with Crippen molar-refractivity contribution in [2.24, 2.45) is 0 Å². The lowest BCUT2D eigenvalue weighted by Gasteiger charge is -2.18. The Hall–Kier alpha value is -6.43. The third-order valence-electron chi connectivity index (χ3n) is 9.75. The van der Waals surface area contributed by atoms with Crippen LogP contribution in [0.25, 0.3) is 11.1 Å². The number of carbonyl (C=O) groups is 1. The highest BCUT2D eigenvalue weighted by Gasteiger charge is 2.17. The number of aliphatic hydroxyl groups is 1. The predicted octanol–water partition coefficient (Wildman–Crippen LogP) is 10.3. The number of aliphatic hydroxyl groups excluding tert-OH is 1. The van der Waals surface area contributed by atoms with Crippen molar-refractivity contribution in [3.63, 3.8) is 0 Å². The quantitative estimate of drug-likeness (QED) is 0.0656. The lowest BCUT2D eigenvalue weighted by atomic mass is 9.92. The number of hydrogen-bond donors (Lipinski definition) is 1. The largest absolute Gasteiger partial charge is 0.488 e. The van der Waals surface area contributed by atoms with Crippen LogP contribution in [0.1, 0.15) is 73.3 Å². The first-order chi connectivity index (χ1) is 28.7. The summed E-state index contributed by atoms with van der Waals surface area (Å²) >= 11 is 13.3. The Balaban J connectivity index is 1.17. The molecule has 12 heteroatoms. The van der Waals surface area contributed by atoms with Gasteiger partial charge in [-0.15, -0.1) is 0 Å². The number of rotatable bonds is 18. The maximum absolute atomic E-state index is 11.9. The van der Waals surface area contributed by atoms with Gasteiger partial charge in [-0.2, -0.15) is 10.5 Å². The third-order valence-corrected chi connectivity index (χ3v) is 10.3. The molecule has 4 aromatic carbocycles. The molecule has 298 valence electrons. The minimum absolute atomic E-state index is 0.0917. The second-order valence-corrected chi connectivity index (χ2v) is 14.5. The van der Waals surface area contributed by atoms with E-state index in [1.165, 1.54) is 18.5 Å². The molecule has 1 N–H and O–H groups in total. The van der Waals surface area contributed by atoms with Crippen molar-refractivity contribution in [1.82, 2.24) is 9.97 Å². The Kier molecular flexibility index (Phi) is 14.5. The zero-order valence-corrected chi connectivity index (χ0v) is 34.0. The molecule has 10 nitrogen and oxygen atoms in total. The minimum atomic E-state index is 0.0917. The van der Waals surface area contributed by atoms with E-state index in [1.807, 2.05) is 37.3 Å². The van der Waals surface area contributed by atoms with Crippen LogP contribution >= 0.6 is 23.2 Å². The summed E-state index contributed by atoms with van der Waals surface area (Å²) in [7, 11) is 0. The van der Waals surface area contributed by atoms with Crippen molar-refractivity contribution < 1.29 is 28.8 Å². The third kappa shape index (κ3) is 10.8. The highest BCUT2D eigenvalue weighted by atomic mass is 35.5. The predicted molar refractivity (Wildman–Crippen MR) is 225 cm³/mol. The van der Waals surface area contributed by atoms with Gasteiger partial charge < -0.3 is 24.1 Å². The van der Waals surface area contributed by atoms with E-state index in [0.717, 1.165) is 50.9 Å². The van der Waals surface area contributed by atoms with E-state index in [1.54, 1.807) is 36.7 Å². The number of nitrogens with zero attached hydrogens (tertiary/aromatic N) is 4. The van der Waals surface area contributed by atoms with Gasteiger partial charge in [0.25, 0.3) is 0 Å². The van der Waals surface area contributed by atoms with Crippen LogP contribution in [0.2, 0.25) is 10.0 Å². The number of hydrogen-bond acceptors (Lipinski definition) is 10. The van der Waals surface area contributed by atoms with Crippen LogP contribution in [0, 0.1) is 36.5 Å². The molecule has 0 radical (unpaired) electrons. The highest BCUT2D eigenvalue weighted by Crippen LogP contribution is 2.37. The number of halogens is 2. The first-order valence-electron chi connectivity index (χ1n) is 18.8. The normalized spacial score (nSPS) is 10.7. The molecule has 0 bridgehead atoms. The smallest absolute Gasteiger partial charge is 0.153 e. The number of carbonyl (C=O) groups excluding carboxylic acids is 1. The fourth-order valence-electron chi connectivity index (χ4n) is 6.47. The van der Waals surface area contributed by atoms with Crippen LogP contribution in [-0.2, 0) is 32.8 Å². The summed E-state index contributed by atoms with van der Waals surface area (Å²) in [6, 6.07) is 26.4. The number of unbranched alkanes of at least 4 members (excludes halogenated alkanes) is 1. The molecule has 6 aromatic rings. The average Bonchev–Trinajstić information content (AvgIpc) is 3.25. The molecule has 0 saturated carbocycles. The van der Waals surface area contributed by atoms with Crippen LogP contribution in [-0.4, -0.2) is 28.0 Å². The summed E-state index contributed by atoms with van der Waals surface area (Å²) < 4.78 is 24.7. The van der Waals surface area contributed by atoms with Gasteiger partial charge in [-0.25, -0.2) is 0 Å². The van der Waals surface area contributed by atoms with Gasteiger partial charge in [-0.3, -0.25) is 14.8 Å².